The number of hydrogen-bond acceptors (Lipinski definition) is 4. The number of rotatable bonds is 5. The summed E-state index contributed by atoms with van der Waals surface area (Å²) >= 11 is 0. The third kappa shape index (κ3) is 3.68. The van der Waals surface area contributed by atoms with Crippen LogP contribution in [0.3, 0.4) is 0 Å². The van der Waals surface area contributed by atoms with Gasteiger partial charge in [0.1, 0.15) is 12.4 Å². The fourth-order valence-electron chi connectivity index (χ4n) is 1.01. The first-order valence-corrected chi connectivity index (χ1v) is 4.24. The van der Waals surface area contributed by atoms with E-state index in [0.29, 0.717) is 12.0 Å². The van der Waals surface area contributed by atoms with Crippen LogP contribution in [-0.4, -0.2) is 24.4 Å². The van der Waals surface area contributed by atoms with Crippen LogP contribution in [-0.2, 0) is 16.2 Å². The van der Waals surface area contributed by atoms with Crippen LogP contribution in [0, 0.1) is 0 Å². The Morgan fingerprint density at radius 2 is 2.27 bits per heavy atom. The number of para-hydroxylation sites is 1. The molecule has 0 aliphatic heterocycles. The fourth-order valence-corrected chi connectivity index (χ4v) is 1.01. The van der Waals surface area contributed by atoms with E-state index >= 15 is 0 Å². The van der Waals surface area contributed by atoms with Crippen LogP contribution < -0.4 is 4.74 Å². The molecule has 1 N–H and O–H groups in total. The first-order valence-electron chi connectivity index (χ1n) is 4.24. The molecule has 80 valence electrons. The summed E-state index contributed by atoms with van der Waals surface area (Å²) in [6, 6.07) is 7.28. The van der Waals surface area contributed by atoms with Gasteiger partial charge in [-0.05, 0) is 6.07 Å². The number of methoxy groups -OCH3 is 1. The standard InChI is InChI=1S/C10H11NO4/c1-14-9-5-3-2-4-8(9)7-15-11-6-10(12)13/h2-6H,7H2,1H3,(H,12,13)/b11-6+. The van der Waals surface area contributed by atoms with Crippen molar-refractivity contribution >= 4 is 12.2 Å². The molecule has 0 radical (unpaired) electrons. The molecule has 0 aliphatic carbocycles. The van der Waals surface area contributed by atoms with E-state index in [-0.39, 0.29) is 6.61 Å². The number of oxime groups is 1. The van der Waals surface area contributed by atoms with Crippen molar-refractivity contribution in [2.75, 3.05) is 7.11 Å². The largest absolute Gasteiger partial charge is 0.496 e. The Hall–Kier alpha value is -2.04. The average Bonchev–Trinajstić information content (AvgIpc) is 2.24. The number of hydrogen-bond donors (Lipinski definition) is 1. The third-order valence-corrected chi connectivity index (χ3v) is 1.65. The number of carbonyl (C=O) groups is 1. The average molecular weight is 209 g/mol. The molecule has 0 aliphatic rings. The highest BCUT2D eigenvalue weighted by Gasteiger charge is 2.00. The molecule has 0 saturated heterocycles. The maximum atomic E-state index is 10.1. The summed E-state index contributed by atoms with van der Waals surface area (Å²) < 4.78 is 5.08. The van der Waals surface area contributed by atoms with Gasteiger partial charge >= 0.3 is 5.97 Å². The molecule has 0 unspecified atom stereocenters. The van der Waals surface area contributed by atoms with Crippen molar-refractivity contribution in [2.45, 2.75) is 6.61 Å². The van der Waals surface area contributed by atoms with Crippen molar-refractivity contribution in [1.82, 2.24) is 0 Å². The Bertz CT molecular complexity index is 362. The predicted molar refractivity (Wildman–Crippen MR) is 53.9 cm³/mol. The Morgan fingerprint density at radius 1 is 1.53 bits per heavy atom. The Morgan fingerprint density at radius 3 is 2.93 bits per heavy atom. The molecule has 5 heteroatoms. The van der Waals surface area contributed by atoms with Gasteiger partial charge in [0.25, 0.3) is 0 Å². The van der Waals surface area contributed by atoms with E-state index in [1.807, 2.05) is 18.2 Å². The van der Waals surface area contributed by atoms with Gasteiger partial charge in [-0.3, -0.25) is 0 Å². The fraction of sp³-hybridized carbons (Fsp3) is 0.200. The Balaban J connectivity index is 2.53. The van der Waals surface area contributed by atoms with Gasteiger partial charge in [0.2, 0.25) is 0 Å². The second kappa shape index (κ2) is 5.64. The lowest BCUT2D eigenvalue weighted by molar-refractivity contribution is -0.129. The second-order valence-corrected chi connectivity index (χ2v) is 2.66. The molecule has 1 aromatic carbocycles. The van der Waals surface area contributed by atoms with Gasteiger partial charge in [-0.25, -0.2) is 4.79 Å². The lowest BCUT2D eigenvalue weighted by Crippen LogP contribution is -1.97. The van der Waals surface area contributed by atoms with E-state index in [4.69, 9.17) is 14.7 Å². The van der Waals surface area contributed by atoms with Gasteiger partial charge < -0.3 is 14.7 Å². The molecule has 15 heavy (non-hydrogen) atoms. The molecule has 0 spiro atoms. The molecule has 5 nitrogen and oxygen atoms in total. The Kier molecular flexibility index (Phi) is 4.15. The van der Waals surface area contributed by atoms with Crippen molar-refractivity contribution in [1.29, 1.82) is 0 Å². The number of aliphatic carboxylic acids is 1. The lowest BCUT2D eigenvalue weighted by atomic mass is 10.2. The summed E-state index contributed by atoms with van der Waals surface area (Å²) in [4.78, 5) is 14.9. The zero-order chi connectivity index (χ0) is 11.1. The maximum absolute atomic E-state index is 10.1. The predicted octanol–water partition coefficient (Wildman–Crippen LogP) is 1.28. The zero-order valence-corrected chi connectivity index (χ0v) is 8.21. The molecule has 0 atom stereocenters. The van der Waals surface area contributed by atoms with E-state index in [2.05, 4.69) is 5.16 Å². The summed E-state index contributed by atoms with van der Waals surface area (Å²) in [5.41, 5.74) is 0.808. The first kappa shape index (κ1) is 11.0. The smallest absolute Gasteiger partial charge is 0.350 e. The molecule has 1 aromatic rings. The number of carboxylic acids is 1. The normalized spacial score (nSPS) is 10.2. The van der Waals surface area contributed by atoms with Crippen LogP contribution in [0.1, 0.15) is 5.56 Å². The maximum Gasteiger partial charge on any atom is 0.350 e. The summed E-state index contributed by atoms with van der Waals surface area (Å²) in [6.45, 7) is 0.174. The van der Waals surface area contributed by atoms with Gasteiger partial charge in [-0.2, -0.15) is 0 Å². The third-order valence-electron chi connectivity index (χ3n) is 1.65. The van der Waals surface area contributed by atoms with Crippen LogP contribution in [0.25, 0.3) is 0 Å². The van der Waals surface area contributed by atoms with Gasteiger partial charge in [-0.15, -0.1) is 0 Å². The van der Waals surface area contributed by atoms with E-state index in [1.54, 1.807) is 13.2 Å². The van der Waals surface area contributed by atoms with Crippen molar-refractivity contribution < 1.29 is 19.5 Å². The van der Waals surface area contributed by atoms with E-state index in [1.165, 1.54) is 0 Å². The highest BCUT2D eigenvalue weighted by atomic mass is 16.6. The SMILES string of the molecule is COc1ccccc1CO/N=C/C(=O)O. The molecule has 1 rings (SSSR count). The van der Waals surface area contributed by atoms with Gasteiger partial charge in [-0.1, -0.05) is 23.4 Å². The second-order valence-electron chi connectivity index (χ2n) is 2.66. The van der Waals surface area contributed by atoms with Crippen molar-refractivity contribution in [3.05, 3.63) is 29.8 Å². The minimum atomic E-state index is -1.14. The number of carboxylic acid groups (broad SMARTS) is 1. The lowest BCUT2D eigenvalue weighted by Gasteiger charge is -2.05. The quantitative estimate of drug-likeness (QED) is 0.586. The number of ether oxygens (including phenoxy) is 1. The van der Waals surface area contributed by atoms with E-state index in [9.17, 15) is 4.79 Å². The van der Waals surface area contributed by atoms with E-state index in [0.717, 1.165) is 5.56 Å². The topological polar surface area (TPSA) is 68.1 Å². The van der Waals surface area contributed by atoms with E-state index < -0.39 is 5.97 Å². The molecule has 0 fully saturated rings. The highest BCUT2D eigenvalue weighted by Crippen LogP contribution is 2.17. The van der Waals surface area contributed by atoms with Crippen molar-refractivity contribution in [2.24, 2.45) is 5.16 Å². The van der Waals surface area contributed by atoms with Gasteiger partial charge in [0.05, 0.1) is 7.11 Å². The first-order chi connectivity index (χ1) is 7.24. The molecule has 0 heterocycles. The van der Waals surface area contributed by atoms with Gasteiger partial charge in [0.15, 0.2) is 6.21 Å². The summed E-state index contributed by atoms with van der Waals surface area (Å²) in [7, 11) is 1.55. The monoisotopic (exact) mass is 209 g/mol. The molecular weight excluding hydrogens is 198 g/mol. The van der Waals surface area contributed by atoms with Crippen LogP contribution >= 0.6 is 0 Å². The van der Waals surface area contributed by atoms with Crippen LogP contribution in [0.15, 0.2) is 29.4 Å². The van der Waals surface area contributed by atoms with Crippen LogP contribution in [0.5, 0.6) is 5.75 Å². The highest BCUT2D eigenvalue weighted by molar-refractivity contribution is 6.21. The molecule has 0 aromatic heterocycles. The zero-order valence-electron chi connectivity index (χ0n) is 8.21. The summed E-state index contributed by atoms with van der Waals surface area (Å²) in [6.07, 6.45) is 0.690. The van der Waals surface area contributed by atoms with Crippen molar-refractivity contribution in [3.63, 3.8) is 0 Å². The minimum absolute atomic E-state index is 0.174. The van der Waals surface area contributed by atoms with Crippen LogP contribution in [0.4, 0.5) is 0 Å². The molecule has 0 amide bonds. The molecular formula is C10H11NO4. The Labute approximate surface area is 86.9 Å². The van der Waals surface area contributed by atoms with Gasteiger partial charge in [0, 0.05) is 5.56 Å². The summed E-state index contributed by atoms with van der Waals surface area (Å²) in [5.74, 6) is -0.460. The number of nitrogens with zero attached hydrogens (tertiary/aromatic N) is 1. The number of benzene rings is 1. The minimum Gasteiger partial charge on any atom is -0.496 e. The molecule has 0 bridgehead atoms. The van der Waals surface area contributed by atoms with Crippen LogP contribution in [0.2, 0.25) is 0 Å². The molecule has 0 saturated carbocycles. The van der Waals surface area contributed by atoms with Crippen molar-refractivity contribution in [3.8, 4) is 5.75 Å². The summed E-state index contributed by atoms with van der Waals surface area (Å²) in [5, 5.41) is 11.5.